The van der Waals surface area contributed by atoms with Crippen molar-refractivity contribution in [2.24, 2.45) is 5.41 Å². The van der Waals surface area contributed by atoms with Crippen molar-refractivity contribution >= 4 is 5.91 Å². The second-order valence-corrected chi connectivity index (χ2v) is 8.63. The summed E-state index contributed by atoms with van der Waals surface area (Å²) in [5.74, 6) is 0.392. The van der Waals surface area contributed by atoms with E-state index in [1.807, 2.05) is 30.3 Å². The largest absolute Gasteiger partial charge is 0.497 e. The van der Waals surface area contributed by atoms with Crippen LogP contribution in [0.3, 0.4) is 0 Å². The highest BCUT2D eigenvalue weighted by atomic mass is 19.1. The normalized spacial score (nSPS) is 17.3. The first-order valence-corrected chi connectivity index (χ1v) is 10.1. The van der Waals surface area contributed by atoms with Crippen molar-refractivity contribution in [1.82, 2.24) is 15.1 Å². The molecular formula is C24H26FN3O2. The predicted molar refractivity (Wildman–Crippen MR) is 113 cm³/mol. The van der Waals surface area contributed by atoms with Gasteiger partial charge >= 0.3 is 0 Å². The number of rotatable bonds is 5. The van der Waals surface area contributed by atoms with Gasteiger partial charge in [-0.2, -0.15) is 5.10 Å². The van der Waals surface area contributed by atoms with Gasteiger partial charge in [-0.25, -0.2) is 9.07 Å². The van der Waals surface area contributed by atoms with Gasteiger partial charge in [0.05, 0.1) is 37.2 Å². The molecule has 0 radical (unpaired) electrons. The van der Waals surface area contributed by atoms with Crippen LogP contribution >= 0.6 is 0 Å². The van der Waals surface area contributed by atoms with Crippen LogP contribution in [0.5, 0.6) is 5.75 Å². The van der Waals surface area contributed by atoms with E-state index in [-0.39, 0.29) is 29.6 Å². The van der Waals surface area contributed by atoms with Crippen LogP contribution in [-0.4, -0.2) is 22.8 Å². The number of nitrogens with one attached hydrogen (secondary N) is 1. The number of fused-ring (bicyclic) bond motifs is 1. The molecule has 0 unspecified atom stereocenters. The fourth-order valence-electron chi connectivity index (χ4n) is 4.21. The predicted octanol–water partition coefficient (Wildman–Crippen LogP) is 4.39. The van der Waals surface area contributed by atoms with Crippen LogP contribution in [0.2, 0.25) is 0 Å². The fourth-order valence-corrected chi connectivity index (χ4v) is 4.21. The monoisotopic (exact) mass is 407 g/mol. The summed E-state index contributed by atoms with van der Waals surface area (Å²) in [5.41, 5.74) is 3.58. The van der Waals surface area contributed by atoms with E-state index in [2.05, 4.69) is 24.3 Å². The number of aromatic nitrogens is 2. The average Bonchev–Trinajstić information content (AvgIpc) is 3.10. The summed E-state index contributed by atoms with van der Waals surface area (Å²) in [4.78, 5) is 12.8. The van der Waals surface area contributed by atoms with Crippen molar-refractivity contribution in [2.75, 3.05) is 7.11 Å². The van der Waals surface area contributed by atoms with Crippen LogP contribution in [0.25, 0.3) is 5.69 Å². The highest BCUT2D eigenvalue weighted by molar-refractivity contribution is 5.79. The Bertz CT molecular complexity index is 1070. The van der Waals surface area contributed by atoms with Crippen molar-refractivity contribution in [3.63, 3.8) is 0 Å². The van der Waals surface area contributed by atoms with Crippen LogP contribution in [0.4, 0.5) is 4.39 Å². The Kier molecular flexibility index (Phi) is 5.33. The lowest BCUT2D eigenvalue weighted by molar-refractivity contribution is -0.121. The zero-order valence-corrected chi connectivity index (χ0v) is 17.5. The maximum atomic E-state index is 13.7. The summed E-state index contributed by atoms with van der Waals surface area (Å²) in [6.07, 6.45) is 3.70. The van der Waals surface area contributed by atoms with Gasteiger partial charge < -0.3 is 10.1 Å². The van der Waals surface area contributed by atoms with E-state index in [0.717, 1.165) is 35.4 Å². The fraction of sp³-hybridized carbons (Fsp3) is 0.333. The lowest BCUT2D eigenvalue weighted by Crippen LogP contribution is -2.37. The molecule has 4 rings (SSSR count). The third kappa shape index (κ3) is 4.22. The minimum Gasteiger partial charge on any atom is -0.497 e. The van der Waals surface area contributed by atoms with E-state index in [9.17, 15) is 9.18 Å². The van der Waals surface area contributed by atoms with Crippen LogP contribution in [-0.2, 0) is 17.6 Å². The molecule has 1 atom stereocenters. The topological polar surface area (TPSA) is 56.1 Å². The summed E-state index contributed by atoms with van der Waals surface area (Å²) in [6.45, 7) is 4.36. The average molecular weight is 407 g/mol. The number of hydrogen-bond acceptors (Lipinski definition) is 3. The molecule has 1 aliphatic rings. The molecule has 0 saturated heterocycles. The first kappa shape index (κ1) is 20.1. The summed E-state index contributed by atoms with van der Waals surface area (Å²) < 4.78 is 20.8. The standard InChI is InChI=1S/C24H26FN3O2/c1-24(2)13-21(27-23(29)11-16-6-4-9-19(10-16)30-3)20-15-26-28(22(20)14-24)18-8-5-7-17(25)12-18/h4-10,12,15,21H,11,13-14H2,1-3H3,(H,27,29)/t21-/m0/s1. The van der Waals surface area contributed by atoms with E-state index < -0.39 is 0 Å². The van der Waals surface area contributed by atoms with Crippen LogP contribution in [0.15, 0.2) is 54.7 Å². The zero-order valence-electron chi connectivity index (χ0n) is 17.5. The maximum Gasteiger partial charge on any atom is 0.224 e. The van der Waals surface area contributed by atoms with Crippen LogP contribution < -0.4 is 10.1 Å². The maximum absolute atomic E-state index is 13.7. The Morgan fingerprint density at radius 1 is 1.27 bits per heavy atom. The molecule has 6 heteroatoms. The first-order valence-electron chi connectivity index (χ1n) is 10.1. The van der Waals surface area contributed by atoms with Gasteiger partial charge in [-0.15, -0.1) is 0 Å². The Labute approximate surface area is 175 Å². The molecule has 0 spiro atoms. The number of amides is 1. The summed E-state index contributed by atoms with van der Waals surface area (Å²) in [6, 6.07) is 13.8. The van der Waals surface area contributed by atoms with Crippen molar-refractivity contribution in [3.8, 4) is 11.4 Å². The smallest absolute Gasteiger partial charge is 0.224 e. The molecule has 0 fully saturated rings. The van der Waals surface area contributed by atoms with Gasteiger partial charge in [0.25, 0.3) is 0 Å². The SMILES string of the molecule is COc1cccc(CC(=O)N[C@H]2CC(C)(C)Cc3c2cnn3-c2cccc(F)c2)c1. The third-order valence-corrected chi connectivity index (χ3v) is 5.57. The molecule has 1 aliphatic carbocycles. The lowest BCUT2D eigenvalue weighted by atomic mass is 9.74. The van der Waals surface area contributed by atoms with Gasteiger partial charge in [0.1, 0.15) is 11.6 Å². The number of benzene rings is 2. The molecule has 2 aromatic carbocycles. The van der Waals surface area contributed by atoms with Gasteiger partial charge in [-0.05, 0) is 54.2 Å². The van der Waals surface area contributed by atoms with Crippen molar-refractivity contribution in [3.05, 3.63) is 77.4 Å². The first-order chi connectivity index (χ1) is 14.3. The number of methoxy groups -OCH3 is 1. The Hall–Kier alpha value is -3.15. The van der Waals surface area contributed by atoms with Crippen molar-refractivity contribution < 1.29 is 13.9 Å². The Morgan fingerprint density at radius 3 is 2.83 bits per heavy atom. The van der Waals surface area contributed by atoms with Gasteiger partial charge in [-0.1, -0.05) is 32.0 Å². The number of ether oxygens (including phenoxy) is 1. The quantitative estimate of drug-likeness (QED) is 0.682. The Morgan fingerprint density at radius 2 is 2.07 bits per heavy atom. The van der Waals surface area contributed by atoms with E-state index in [1.54, 1.807) is 24.1 Å². The highest BCUT2D eigenvalue weighted by Gasteiger charge is 2.36. The van der Waals surface area contributed by atoms with Crippen LogP contribution in [0, 0.1) is 11.2 Å². The number of hydrogen-bond donors (Lipinski definition) is 1. The molecule has 3 aromatic rings. The van der Waals surface area contributed by atoms with Gasteiger partial charge in [-0.3, -0.25) is 4.79 Å². The zero-order chi connectivity index (χ0) is 21.3. The lowest BCUT2D eigenvalue weighted by Gasteiger charge is -2.36. The molecule has 1 N–H and O–H groups in total. The molecule has 0 bridgehead atoms. The molecule has 0 aliphatic heterocycles. The van der Waals surface area contributed by atoms with E-state index in [0.29, 0.717) is 5.69 Å². The molecule has 0 saturated carbocycles. The van der Waals surface area contributed by atoms with Crippen LogP contribution in [0.1, 0.15) is 43.1 Å². The molecule has 30 heavy (non-hydrogen) atoms. The minimum atomic E-state index is -0.296. The van der Waals surface area contributed by atoms with Gasteiger partial charge in [0, 0.05) is 5.56 Å². The number of carbonyl (C=O) groups excluding carboxylic acids is 1. The van der Waals surface area contributed by atoms with Crippen molar-refractivity contribution in [1.29, 1.82) is 0 Å². The summed E-state index contributed by atoms with van der Waals surface area (Å²) >= 11 is 0. The Balaban J connectivity index is 1.58. The molecule has 1 heterocycles. The molecular weight excluding hydrogens is 381 g/mol. The molecule has 1 aromatic heterocycles. The molecule has 156 valence electrons. The minimum absolute atomic E-state index is 0.0218. The van der Waals surface area contributed by atoms with E-state index in [4.69, 9.17) is 4.74 Å². The highest BCUT2D eigenvalue weighted by Crippen LogP contribution is 2.41. The van der Waals surface area contributed by atoms with Crippen molar-refractivity contribution in [2.45, 2.75) is 39.2 Å². The number of carbonyl (C=O) groups is 1. The number of nitrogens with zero attached hydrogens (tertiary/aromatic N) is 2. The van der Waals surface area contributed by atoms with E-state index >= 15 is 0 Å². The third-order valence-electron chi connectivity index (χ3n) is 5.57. The molecule has 1 amide bonds. The number of halogens is 1. The second-order valence-electron chi connectivity index (χ2n) is 8.63. The van der Waals surface area contributed by atoms with Gasteiger partial charge in [0.15, 0.2) is 0 Å². The summed E-state index contributed by atoms with van der Waals surface area (Å²) in [5, 5.41) is 7.71. The van der Waals surface area contributed by atoms with Gasteiger partial charge in [0.2, 0.25) is 5.91 Å². The summed E-state index contributed by atoms with van der Waals surface area (Å²) in [7, 11) is 1.61. The second kappa shape index (κ2) is 7.94. The molecule has 5 nitrogen and oxygen atoms in total. The van der Waals surface area contributed by atoms with E-state index in [1.165, 1.54) is 12.1 Å².